The average Bonchev–Trinajstić information content (AvgIpc) is 2.80. The largest absolute Gasteiger partial charge is 0.388 e. The average molecular weight is 261 g/mol. The third kappa shape index (κ3) is 2.68. The summed E-state index contributed by atoms with van der Waals surface area (Å²) in [5.41, 5.74) is 0.0742. The van der Waals surface area contributed by atoms with Crippen LogP contribution >= 0.6 is 0 Å². The molecule has 0 unspecified atom stereocenters. The molecule has 0 bridgehead atoms. The van der Waals surface area contributed by atoms with Crippen molar-refractivity contribution in [1.82, 2.24) is 19.6 Å². The van der Waals surface area contributed by atoms with E-state index in [-0.39, 0.29) is 0 Å². The van der Waals surface area contributed by atoms with Crippen molar-refractivity contribution < 1.29 is 5.11 Å². The molecule has 0 amide bonds. The molecule has 2 heterocycles. The number of rotatable bonds is 3. The second-order valence-electron chi connectivity index (χ2n) is 5.33. The van der Waals surface area contributed by atoms with E-state index in [1.807, 2.05) is 4.40 Å². The van der Waals surface area contributed by atoms with Gasteiger partial charge in [0.25, 0.3) is 0 Å². The van der Waals surface area contributed by atoms with E-state index < -0.39 is 5.60 Å². The molecule has 1 aliphatic carbocycles. The van der Waals surface area contributed by atoms with Crippen molar-refractivity contribution in [3.05, 3.63) is 18.7 Å². The molecule has 102 valence electrons. The third-order valence-electron chi connectivity index (χ3n) is 3.83. The van der Waals surface area contributed by atoms with Crippen LogP contribution in [0.4, 0.5) is 5.82 Å². The smallest absolute Gasteiger partial charge is 0.203 e. The van der Waals surface area contributed by atoms with Crippen molar-refractivity contribution >= 4 is 11.5 Å². The van der Waals surface area contributed by atoms with Gasteiger partial charge in [0.05, 0.1) is 5.60 Å². The maximum atomic E-state index is 10.6. The summed E-state index contributed by atoms with van der Waals surface area (Å²) in [6.07, 6.45) is 11.5. The molecule has 2 aromatic heterocycles. The number of aromatic nitrogens is 4. The topological polar surface area (TPSA) is 75.3 Å². The molecule has 6 heteroatoms. The number of nitrogens with zero attached hydrogens (tertiary/aromatic N) is 4. The van der Waals surface area contributed by atoms with E-state index in [0.29, 0.717) is 18.0 Å². The Morgan fingerprint density at radius 3 is 2.84 bits per heavy atom. The van der Waals surface area contributed by atoms with Crippen molar-refractivity contribution in [1.29, 1.82) is 0 Å². The first-order valence-corrected chi connectivity index (χ1v) is 6.87. The summed E-state index contributed by atoms with van der Waals surface area (Å²) in [4.78, 5) is 4.27. The van der Waals surface area contributed by atoms with Gasteiger partial charge in [0.2, 0.25) is 5.65 Å². The predicted molar refractivity (Wildman–Crippen MR) is 71.9 cm³/mol. The molecular formula is C13H19N5O. The van der Waals surface area contributed by atoms with Gasteiger partial charge in [-0.2, -0.15) is 0 Å². The zero-order valence-corrected chi connectivity index (χ0v) is 10.9. The Labute approximate surface area is 111 Å². The number of fused-ring (bicyclic) bond motifs is 1. The first kappa shape index (κ1) is 12.3. The van der Waals surface area contributed by atoms with Gasteiger partial charge >= 0.3 is 0 Å². The van der Waals surface area contributed by atoms with E-state index in [4.69, 9.17) is 0 Å². The first-order valence-electron chi connectivity index (χ1n) is 6.87. The van der Waals surface area contributed by atoms with Crippen LogP contribution in [0, 0.1) is 0 Å². The van der Waals surface area contributed by atoms with E-state index in [9.17, 15) is 5.11 Å². The quantitative estimate of drug-likeness (QED) is 0.821. The SMILES string of the molecule is OC1(CNc2nccn3cnnc23)CCCCCC1. The van der Waals surface area contributed by atoms with Gasteiger partial charge in [-0.3, -0.25) is 4.40 Å². The van der Waals surface area contributed by atoms with Crippen molar-refractivity contribution in [3.63, 3.8) is 0 Å². The standard InChI is InChI=1S/C13H19N5O/c19-13(5-3-1-2-4-6-13)9-15-11-12-17-16-10-18(12)8-7-14-11/h7-8,10,19H,1-6,9H2,(H,14,15). The molecule has 0 aromatic carbocycles. The van der Waals surface area contributed by atoms with Crippen LogP contribution in [0.3, 0.4) is 0 Å². The summed E-state index contributed by atoms with van der Waals surface area (Å²) in [7, 11) is 0. The van der Waals surface area contributed by atoms with Gasteiger partial charge in [-0.25, -0.2) is 4.98 Å². The monoisotopic (exact) mass is 261 g/mol. The van der Waals surface area contributed by atoms with E-state index >= 15 is 0 Å². The highest BCUT2D eigenvalue weighted by Gasteiger charge is 2.28. The van der Waals surface area contributed by atoms with Gasteiger partial charge in [-0.15, -0.1) is 10.2 Å². The van der Waals surface area contributed by atoms with Crippen molar-refractivity contribution in [2.24, 2.45) is 0 Å². The van der Waals surface area contributed by atoms with Gasteiger partial charge < -0.3 is 10.4 Å². The Hall–Kier alpha value is -1.69. The molecule has 6 nitrogen and oxygen atoms in total. The highest BCUT2D eigenvalue weighted by atomic mass is 16.3. The zero-order chi connectivity index (χ0) is 13.1. The molecule has 0 radical (unpaired) electrons. The van der Waals surface area contributed by atoms with Crippen LogP contribution in [-0.4, -0.2) is 36.8 Å². The van der Waals surface area contributed by atoms with Crippen molar-refractivity contribution in [3.8, 4) is 0 Å². The summed E-state index contributed by atoms with van der Waals surface area (Å²) in [6.45, 7) is 0.520. The van der Waals surface area contributed by atoms with Crippen molar-refractivity contribution in [2.45, 2.75) is 44.1 Å². The molecule has 19 heavy (non-hydrogen) atoms. The number of hydrogen-bond donors (Lipinski definition) is 2. The summed E-state index contributed by atoms with van der Waals surface area (Å²) < 4.78 is 1.81. The Bertz CT molecular complexity index is 545. The molecule has 2 N–H and O–H groups in total. The lowest BCUT2D eigenvalue weighted by molar-refractivity contribution is 0.0381. The van der Waals surface area contributed by atoms with Gasteiger partial charge in [0, 0.05) is 18.9 Å². The molecule has 1 aliphatic rings. The first-order chi connectivity index (χ1) is 9.27. The molecule has 1 saturated carbocycles. The van der Waals surface area contributed by atoms with Gasteiger partial charge in [0.1, 0.15) is 6.33 Å². The minimum absolute atomic E-state index is 0.520. The lowest BCUT2D eigenvalue weighted by atomic mass is 9.94. The van der Waals surface area contributed by atoms with E-state index in [0.717, 1.165) is 25.7 Å². The van der Waals surface area contributed by atoms with Crippen LogP contribution in [-0.2, 0) is 0 Å². The molecule has 0 aliphatic heterocycles. The van der Waals surface area contributed by atoms with Crippen LogP contribution < -0.4 is 5.32 Å². The fourth-order valence-electron chi connectivity index (χ4n) is 2.70. The lowest BCUT2D eigenvalue weighted by Crippen LogP contribution is -2.36. The molecule has 0 spiro atoms. The minimum Gasteiger partial charge on any atom is -0.388 e. The molecule has 2 aromatic rings. The summed E-state index contributed by atoms with van der Waals surface area (Å²) in [6, 6.07) is 0. The minimum atomic E-state index is -0.620. The molecule has 3 rings (SSSR count). The van der Waals surface area contributed by atoms with Crippen LogP contribution in [0.2, 0.25) is 0 Å². The van der Waals surface area contributed by atoms with E-state index in [2.05, 4.69) is 20.5 Å². The number of nitrogens with one attached hydrogen (secondary N) is 1. The second-order valence-corrected chi connectivity index (χ2v) is 5.33. The summed E-state index contributed by atoms with van der Waals surface area (Å²) in [5, 5.41) is 21.7. The maximum absolute atomic E-state index is 10.6. The third-order valence-corrected chi connectivity index (χ3v) is 3.83. The van der Waals surface area contributed by atoms with Gasteiger partial charge in [-0.1, -0.05) is 25.7 Å². The molecule has 0 saturated heterocycles. The van der Waals surface area contributed by atoms with Gasteiger partial charge in [-0.05, 0) is 12.8 Å². The number of hydrogen-bond acceptors (Lipinski definition) is 5. The summed E-state index contributed by atoms with van der Waals surface area (Å²) >= 11 is 0. The summed E-state index contributed by atoms with van der Waals surface area (Å²) in [5.74, 6) is 0.678. The Morgan fingerprint density at radius 1 is 1.26 bits per heavy atom. The predicted octanol–water partition coefficient (Wildman–Crippen LogP) is 1.62. The molecule has 1 fully saturated rings. The number of aliphatic hydroxyl groups is 1. The fraction of sp³-hybridized carbons (Fsp3) is 0.615. The van der Waals surface area contributed by atoms with E-state index in [1.165, 1.54) is 12.8 Å². The van der Waals surface area contributed by atoms with Crippen LogP contribution in [0.15, 0.2) is 18.7 Å². The maximum Gasteiger partial charge on any atom is 0.203 e. The molecule has 0 atom stereocenters. The van der Waals surface area contributed by atoms with Gasteiger partial charge in [0.15, 0.2) is 5.82 Å². The Balaban J connectivity index is 1.73. The van der Waals surface area contributed by atoms with Crippen LogP contribution in [0.1, 0.15) is 38.5 Å². The normalized spacial score (nSPS) is 19.2. The van der Waals surface area contributed by atoms with E-state index in [1.54, 1.807) is 18.7 Å². The van der Waals surface area contributed by atoms with Crippen molar-refractivity contribution in [2.75, 3.05) is 11.9 Å². The second kappa shape index (κ2) is 5.13. The highest BCUT2D eigenvalue weighted by Crippen LogP contribution is 2.27. The highest BCUT2D eigenvalue weighted by molar-refractivity contribution is 5.61. The Morgan fingerprint density at radius 2 is 2.05 bits per heavy atom. The Kier molecular flexibility index (Phi) is 3.33. The molecular weight excluding hydrogens is 242 g/mol. The number of anilines is 1. The van der Waals surface area contributed by atoms with Crippen LogP contribution in [0.25, 0.3) is 5.65 Å². The fourth-order valence-corrected chi connectivity index (χ4v) is 2.70. The lowest BCUT2D eigenvalue weighted by Gasteiger charge is -2.27. The van der Waals surface area contributed by atoms with Crippen LogP contribution in [0.5, 0.6) is 0 Å². The zero-order valence-electron chi connectivity index (χ0n) is 10.9.